The maximum absolute atomic E-state index is 10.8. The zero-order valence-electron chi connectivity index (χ0n) is 10.9. The van der Waals surface area contributed by atoms with Crippen LogP contribution in [0.2, 0.25) is 0 Å². The van der Waals surface area contributed by atoms with Crippen molar-refractivity contribution in [3.8, 4) is 0 Å². The molecule has 1 N–H and O–H groups in total. The smallest absolute Gasteiger partial charge is 0.291 e. The number of rotatable bonds is 4. The summed E-state index contributed by atoms with van der Waals surface area (Å²) < 4.78 is 6.00. The summed E-state index contributed by atoms with van der Waals surface area (Å²) in [5.41, 5.74) is 0.603. The third kappa shape index (κ3) is 3.03. The average Bonchev–Trinajstić information content (AvgIpc) is 2.88. The molecule has 104 valence electrons. The summed E-state index contributed by atoms with van der Waals surface area (Å²) >= 11 is 3.38. The van der Waals surface area contributed by atoms with Crippen LogP contribution < -0.4 is 5.32 Å². The lowest BCUT2D eigenvalue weighted by Gasteiger charge is -2.20. The molecular weight excluding hydrogens is 314 g/mol. The van der Waals surface area contributed by atoms with E-state index < -0.39 is 4.92 Å². The number of hydrogen-bond acceptors (Lipinski definition) is 5. The minimum atomic E-state index is -0.425. The molecule has 1 saturated heterocycles. The van der Waals surface area contributed by atoms with E-state index in [1.165, 1.54) is 6.20 Å². The van der Waals surface area contributed by atoms with Crippen LogP contribution in [0.1, 0.15) is 18.9 Å². The van der Waals surface area contributed by atoms with Gasteiger partial charge in [0.25, 0.3) is 5.69 Å². The van der Waals surface area contributed by atoms with Crippen molar-refractivity contribution in [2.75, 3.05) is 18.5 Å². The second kappa shape index (κ2) is 5.83. The van der Waals surface area contributed by atoms with Crippen molar-refractivity contribution < 1.29 is 9.66 Å². The summed E-state index contributed by atoms with van der Waals surface area (Å²) in [5.74, 6) is 1.09. The van der Waals surface area contributed by atoms with E-state index in [0.717, 1.165) is 19.6 Å². The fraction of sp³-hybridized carbons (Fsp3) is 0.583. The highest BCUT2D eigenvalue weighted by molar-refractivity contribution is 9.10. The van der Waals surface area contributed by atoms with Gasteiger partial charge in [-0.05, 0) is 36.2 Å². The summed E-state index contributed by atoms with van der Waals surface area (Å²) in [7, 11) is 0. The molecule has 2 heterocycles. The monoisotopic (exact) mass is 329 g/mol. The Balaban J connectivity index is 2.16. The third-order valence-electron chi connectivity index (χ3n) is 3.47. The first-order valence-corrected chi connectivity index (χ1v) is 6.93. The molecule has 1 fully saturated rings. The Morgan fingerprint density at radius 1 is 1.68 bits per heavy atom. The predicted octanol–water partition coefficient (Wildman–Crippen LogP) is 2.90. The third-order valence-corrected chi connectivity index (χ3v) is 4.44. The van der Waals surface area contributed by atoms with Crippen LogP contribution in [0.15, 0.2) is 10.7 Å². The molecule has 0 radical (unpaired) electrons. The SMILES string of the molecule is Cc1c([N+](=O)[O-])cnc(NC(C)C2CCOC2)c1Br. The van der Waals surface area contributed by atoms with E-state index in [-0.39, 0.29) is 11.7 Å². The number of pyridine rings is 1. The van der Waals surface area contributed by atoms with Gasteiger partial charge in [-0.1, -0.05) is 0 Å². The fourth-order valence-corrected chi connectivity index (χ4v) is 2.55. The number of aromatic nitrogens is 1. The molecule has 0 aromatic carbocycles. The second-order valence-corrected chi connectivity index (χ2v) is 5.54. The van der Waals surface area contributed by atoms with Gasteiger partial charge < -0.3 is 10.1 Å². The lowest BCUT2D eigenvalue weighted by atomic mass is 10.0. The Morgan fingerprint density at radius 3 is 3.00 bits per heavy atom. The predicted molar refractivity (Wildman–Crippen MR) is 75.3 cm³/mol. The van der Waals surface area contributed by atoms with Gasteiger partial charge in [-0.25, -0.2) is 4.98 Å². The Kier molecular flexibility index (Phi) is 4.36. The molecule has 1 aromatic rings. The van der Waals surface area contributed by atoms with E-state index in [1.54, 1.807) is 6.92 Å². The van der Waals surface area contributed by atoms with Crippen LogP contribution in [0.25, 0.3) is 0 Å². The highest BCUT2D eigenvalue weighted by Crippen LogP contribution is 2.31. The molecule has 2 atom stereocenters. The molecule has 1 aliphatic heterocycles. The zero-order valence-corrected chi connectivity index (χ0v) is 12.4. The Labute approximate surface area is 119 Å². The van der Waals surface area contributed by atoms with Crippen LogP contribution in [0.5, 0.6) is 0 Å². The van der Waals surface area contributed by atoms with Gasteiger partial charge in [0.05, 0.1) is 16.0 Å². The van der Waals surface area contributed by atoms with Gasteiger partial charge in [0.2, 0.25) is 0 Å². The maximum atomic E-state index is 10.8. The Morgan fingerprint density at radius 2 is 2.42 bits per heavy atom. The summed E-state index contributed by atoms with van der Waals surface area (Å²) in [6, 6.07) is 0.215. The molecule has 6 nitrogen and oxygen atoms in total. The summed E-state index contributed by atoms with van der Waals surface area (Å²) in [5, 5.41) is 14.1. The molecule has 1 aromatic heterocycles. The zero-order chi connectivity index (χ0) is 14.0. The van der Waals surface area contributed by atoms with Crippen molar-refractivity contribution >= 4 is 27.4 Å². The van der Waals surface area contributed by atoms with Crippen LogP contribution in [-0.2, 0) is 4.74 Å². The first-order chi connectivity index (χ1) is 9.00. The molecule has 0 aliphatic carbocycles. The Bertz CT molecular complexity index is 489. The van der Waals surface area contributed by atoms with Crippen LogP contribution in [-0.4, -0.2) is 29.2 Å². The van der Waals surface area contributed by atoms with Gasteiger partial charge in [-0.2, -0.15) is 0 Å². The first kappa shape index (κ1) is 14.2. The number of nitro groups is 1. The minimum absolute atomic E-state index is 0.0225. The molecule has 2 unspecified atom stereocenters. The van der Waals surface area contributed by atoms with Gasteiger partial charge in [-0.15, -0.1) is 0 Å². The molecule has 2 rings (SSSR count). The first-order valence-electron chi connectivity index (χ1n) is 6.14. The molecule has 19 heavy (non-hydrogen) atoms. The number of hydrogen-bond donors (Lipinski definition) is 1. The summed E-state index contributed by atoms with van der Waals surface area (Å²) in [6.07, 6.45) is 2.32. The van der Waals surface area contributed by atoms with Gasteiger partial charge in [0.15, 0.2) is 0 Å². The van der Waals surface area contributed by atoms with Crippen molar-refractivity contribution in [1.82, 2.24) is 4.98 Å². The van der Waals surface area contributed by atoms with Gasteiger partial charge in [0.1, 0.15) is 12.0 Å². The number of nitrogens with zero attached hydrogens (tertiary/aromatic N) is 2. The van der Waals surface area contributed by atoms with E-state index in [2.05, 4.69) is 33.2 Å². The molecule has 0 saturated carbocycles. The molecule has 0 amide bonds. The molecule has 0 spiro atoms. The van der Waals surface area contributed by atoms with Crippen molar-refractivity contribution in [3.63, 3.8) is 0 Å². The summed E-state index contributed by atoms with van der Waals surface area (Å²) in [6.45, 7) is 5.32. The van der Waals surface area contributed by atoms with Gasteiger partial charge in [0, 0.05) is 24.1 Å². The van der Waals surface area contributed by atoms with Crippen LogP contribution in [0.4, 0.5) is 11.5 Å². The van der Waals surface area contributed by atoms with E-state index in [0.29, 0.717) is 21.8 Å². The molecular formula is C12H16BrN3O3. The quantitative estimate of drug-likeness (QED) is 0.678. The van der Waals surface area contributed by atoms with E-state index >= 15 is 0 Å². The van der Waals surface area contributed by atoms with Crippen LogP contribution in [0, 0.1) is 23.0 Å². The lowest BCUT2D eigenvalue weighted by molar-refractivity contribution is -0.385. The number of halogens is 1. The summed E-state index contributed by atoms with van der Waals surface area (Å²) in [4.78, 5) is 14.5. The van der Waals surface area contributed by atoms with Crippen LogP contribution >= 0.6 is 15.9 Å². The molecule has 7 heteroatoms. The van der Waals surface area contributed by atoms with E-state index in [1.807, 2.05) is 0 Å². The average molecular weight is 330 g/mol. The van der Waals surface area contributed by atoms with Crippen LogP contribution in [0.3, 0.4) is 0 Å². The normalized spacial score (nSPS) is 20.3. The van der Waals surface area contributed by atoms with Crippen molar-refractivity contribution in [3.05, 3.63) is 26.3 Å². The van der Waals surface area contributed by atoms with Crippen molar-refractivity contribution in [2.24, 2.45) is 5.92 Å². The lowest BCUT2D eigenvalue weighted by Crippen LogP contribution is -2.26. The largest absolute Gasteiger partial charge is 0.381 e. The number of ether oxygens (including phenoxy) is 1. The fourth-order valence-electron chi connectivity index (χ4n) is 2.13. The molecule has 0 bridgehead atoms. The minimum Gasteiger partial charge on any atom is -0.381 e. The highest BCUT2D eigenvalue weighted by atomic mass is 79.9. The standard InChI is InChI=1S/C12H16BrN3O3/c1-7-10(16(17)18)5-14-12(11(7)13)15-8(2)9-3-4-19-6-9/h5,8-9H,3-4,6H2,1-2H3,(H,14,15). The van der Waals surface area contributed by atoms with Gasteiger partial charge in [-0.3, -0.25) is 10.1 Å². The second-order valence-electron chi connectivity index (χ2n) is 4.74. The Hall–Kier alpha value is -1.21. The number of anilines is 1. The van der Waals surface area contributed by atoms with Crippen molar-refractivity contribution in [1.29, 1.82) is 0 Å². The van der Waals surface area contributed by atoms with Crippen molar-refractivity contribution in [2.45, 2.75) is 26.3 Å². The topological polar surface area (TPSA) is 77.3 Å². The van der Waals surface area contributed by atoms with Gasteiger partial charge >= 0.3 is 0 Å². The molecule has 1 aliphatic rings. The number of nitrogens with one attached hydrogen (secondary N) is 1. The van der Waals surface area contributed by atoms with E-state index in [4.69, 9.17) is 4.74 Å². The van der Waals surface area contributed by atoms with E-state index in [9.17, 15) is 10.1 Å². The highest BCUT2D eigenvalue weighted by Gasteiger charge is 2.24. The maximum Gasteiger partial charge on any atom is 0.291 e.